The Morgan fingerprint density at radius 2 is 2.05 bits per heavy atom. The van der Waals surface area contributed by atoms with Crippen molar-refractivity contribution in [3.05, 3.63) is 33.0 Å². The molecule has 2 rings (SSSR count). The van der Waals surface area contributed by atoms with Crippen LogP contribution in [0, 0.1) is 0 Å². The van der Waals surface area contributed by atoms with E-state index in [0.29, 0.717) is 17.1 Å². The van der Waals surface area contributed by atoms with E-state index in [9.17, 15) is 9.90 Å². The first-order valence-corrected chi connectivity index (χ1v) is 6.08. The molecule has 0 fully saturated rings. The van der Waals surface area contributed by atoms with Crippen LogP contribution < -0.4 is 15.0 Å². The van der Waals surface area contributed by atoms with Crippen LogP contribution in [-0.4, -0.2) is 29.3 Å². The summed E-state index contributed by atoms with van der Waals surface area (Å²) in [6.07, 6.45) is 0. The van der Waals surface area contributed by atoms with Gasteiger partial charge in [0.1, 0.15) is 10.3 Å². The summed E-state index contributed by atoms with van der Waals surface area (Å²) in [6.45, 7) is 0. The quantitative estimate of drug-likeness (QED) is 0.900. The molecule has 0 radical (unpaired) electrons. The average molecular weight is 327 g/mol. The summed E-state index contributed by atoms with van der Waals surface area (Å²) in [5.41, 5.74) is 0.0362. The minimum absolute atomic E-state index is 0.0156. The number of aromatic amines is 1. The molecule has 0 atom stereocenters. The highest BCUT2D eigenvalue weighted by Gasteiger charge is 2.15. The van der Waals surface area contributed by atoms with E-state index in [1.165, 1.54) is 14.2 Å². The molecule has 1 aromatic carbocycles. The first kappa shape index (κ1) is 13.4. The maximum absolute atomic E-state index is 11.6. The van der Waals surface area contributed by atoms with Gasteiger partial charge in [0, 0.05) is 0 Å². The Hall–Kier alpha value is -2.02. The Balaban J connectivity index is 2.69. The van der Waals surface area contributed by atoms with Crippen LogP contribution in [0.2, 0.25) is 0 Å². The fourth-order valence-electron chi connectivity index (χ4n) is 1.65. The van der Waals surface area contributed by atoms with Crippen LogP contribution in [0.3, 0.4) is 0 Å². The van der Waals surface area contributed by atoms with Gasteiger partial charge in [0.15, 0.2) is 11.5 Å². The lowest BCUT2D eigenvalue weighted by Gasteiger charge is -2.12. The van der Waals surface area contributed by atoms with E-state index in [2.05, 4.69) is 25.9 Å². The Morgan fingerprint density at radius 1 is 1.32 bits per heavy atom. The molecule has 2 aromatic rings. The highest BCUT2D eigenvalue weighted by atomic mass is 79.9. The molecule has 0 amide bonds. The molecule has 0 aliphatic rings. The molecule has 7 heteroatoms. The van der Waals surface area contributed by atoms with Crippen molar-refractivity contribution in [2.75, 3.05) is 14.2 Å². The smallest absolute Gasteiger partial charge is 0.269 e. The number of rotatable bonds is 3. The molecule has 0 bridgehead atoms. The van der Waals surface area contributed by atoms with Gasteiger partial charge in [-0.05, 0) is 28.1 Å². The number of aromatic hydroxyl groups is 1. The Kier molecular flexibility index (Phi) is 3.75. The molecule has 0 unspecified atom stereocenters. The summed E-state index contributed by atoms with van der Waals surface area (Å²) < 4.78 is 10.4. The van der Waals surface area contributed by atoms with Gasteiger partial charge in [0.25, 0.3) is 5.56 Å². The van der Waals surface area contributed by atoms with E-state index in [4.69, 9.17) is 9.47 Å². The number of aromatic nitrogens is 2. The summed E-state index contributed by atoms with van der Waals surface area (Å²) >= 11 is 2.94. The summed E-state index contributed by atoms with van der Waals surface area (Å²) in [6, 6.07) is 5.15. The number of hydrogen-bond donors (Lipinski definition) is 2. The van der Waals surface area contributed by atoms with Crippen molar-refractivity contribution in [3.63, 3.8) is 0 Å². The van der Waals surface area contributed by atoms with E-state index in [1.807, 2.05) is 0 Å². The van der Waals surface area contributed by atoms with Gasteiger partial charge in [0.05, 0.1) is 19.8 Å². The fraction of sp³-hybridized carbons (Fsp3) is 0.167. The lowest BCUT2D eigenvalue weighted by molar-refractivity contribution is 0.356. The van der Waals surface area contributed by atoms with Crippen molar-refractivity contribution in [2.24, 2.45) is 0 Å². The van der Waals surface area contributed by atoms with Crippen LogP contribution >= 0.6 is 15.9 Å². The number of benzene rings is 1. The van der Waals surface area contributed by atoms with Crippen molar-refractivity contribution in [1.29, 1.82) is 0 Å². The Labute approximate surface area is 117 Å². The molecule has 1 heterocycles. The molecule has 19 heavy (non-hydrogen) atoms. The summed E-state index contributed by atoms with van der Waals surface area (Å²) in [4.78, 5) is 18.1. The van der Waals surface area contributed by atoms with Gasteiger partial charge >= 0.3 is 0 Å². The zero-order valence-corrected chi connectivity index (χ0v) is 11.8. The standard InChI is InChI=1S/C12H11BrN2O4/c1-18-7-5-3-4-6(9(7)19-2)10-14-11(16)8(13)12(17)15-10/h3-5H,1-2H3,(H2,14,15,16,17). The number of nitrogens with zero attached hydrogens (tertiary/aromatic N) is 1. The van der Waals surface area contributed by atoms with Crippen LogP contribution in [0.15, 0.2) is 27.5 Å². The summed E-state index contributed by atoms with van der Waals surface area (Å²) in [5, 5.41) is 9.58. The van der Waals surface area contributed by atoms with E-state index < -0.39 is 5.56 Å². The number of halogens is 1. The zero-order chi connectivity index (χ0) is 14.0. The number of ether oxygens (including phenoxy) is 2. The van der Waals surface area contributed by atoms with E-state index in [-0.39, 0.29) is 16.2 Å². The predicted octanol–water partition coefficient (Wildman–Crippen LogP) is 1.92. The topological polar surface area (TPSA) is 84.4 Å². The van der Waals surface area contributed by atoms with Crippen LogP contribution in [0.25, 0.3) is 11.4 Å². The minimum Gasteiger partial charge on any atom is -0.493 e. The molecular formula is C12H11BrN2O4. The molecule has 0 saturated carbocycles. The maximum Gasteiger partial charge on any atom is 0.269 e. The van der Waals surface area contributed by atoms with Gasteiger partial charge in [-0.15, -0.1) is 0 Å². The van der Waals surface area contributed by atoms with Gasteiger partial charge < -0.3 is 19.6 Å². The van der Waals surface area contributed by atoms with Gasteiger partial charge in [0.2, 0.25) is 5.88 Å². The molecule has 0 saturated heterocycles. The number of methoxy groups -OCH3 is 2. The molecule has 0 spiro atoms. The number of H-pyrrole nitrogens is 1. The van der Waals surface area contributed by atoms with Gasteiger partial charge in [-0.3, -0.25) is 4.79 Å². The zero-order valence-electron chi connectivity index (χ0n) is 10.2. The SMILES string of the molecule is COc1cccc(-c2nc(O)c(Br)c(=O)[nH]2)c1OC. The second kappa shape index (κ2) is 5.31. The second-order valence-electron chi connectivity index (χ2n) is 3.59. The Morgan fingerprint density at radius 3 is 2.63 bits per heavy atom. The normalized spacial score (nSPS) is 10.3. The van der Waals surface area contributed by atoms with Crippen LogP contribution in [-0.2, 0) is 0 Å². The van der Waals surface area contributed by atoms with Crippen LogP contribution in [0.1, 0.15) is 0 Å². The molecule has 1 aromatic heterocycles. The first-order valence-electron chi connectivity index (χ1n) is 5.28. The third-order valence-corrected chi connectivity index (χ3v) is 3.22. The third-order valence-electron chi connectivity index (χ3n) is 2.50. The lowest BCUT2D eigenvalue weighted by atomic mass is 10.1. The Bertz CT molecular complexity index is 669. The number of para-hydroxylation sites is 1. The third kappa shape index (κ3) is 2.41. The van der Waals surface area contributed by atoms with Gasteiger partial charge in [-0.2, -0.15) is 4.98 Å². The maximum atomic E-state index is 11.6. The summed E-state index contributed by atoms with van der Waals surface area (Å²) in [5.74, 6) is 0.741. The molecule has 6 nitrogen and oxygen atoms in total. The molecule has 0 aliphatic carbocycles. The minimum atomic E-state index is -0.479. The monoisotopic (exact) mass is 326 g/mol. The lowest BCUT2D eigenvalue weighted by Crippen LogP contribution is -2.10. The van der Waals surface area contributed by atoms with E-state index >= 15 is 0 Å². The fourth-order valence-corrected chi connectivity index (χ4v) is 1.84. The molecular weight excluding hydrogens is 316 g/mol. The van der Waals surface area contributed by atoms with E-state index in [0.717, 1.165) is 0 Å². The van der Waals surface area contributed by atoms with Crippen molar-refractivity contribution in [2.45, 2.75) is 0 Å². The average Bonchev–Trinajstić information content (AvgIpc) is 2.43. The summed E-state index contributed by atoms with van der Waals surface area (Å²) in [7, 11) is 3.00. The van der Waals surface area contributed by atoms with Gasteiger partial charge in [-0.25, -0.2) is 0 Å². The van der Waals surface area contributed by atoms with E-state index in [1.54, 1.807) is 18.2 Å². The second-order valence-corrected chi connectivity index (χ2v) is 4.39. The first-order chi connectivity index (χ1) is 9.08. The highest BCUT2D eigenvalue weighted by molar-refractivity contribution is 9.10. The predicted molar refractivity (Wildman–Crippen MR) is 72.8 cm³/mol. The van der Waals surface area contributed by atoms with Crippen LogP contribution in [0.5, 0.6) is 17.4 Å². The molecule has 2 N–H and O–H groups in total. The van der Waals surface area contributed by atoms with Crippen molar-refractivity contribution in [1.82, 2.24) is 9.97 Å². The largest absolute Gasteiger partial charge is 0.493 e. The van der Waals surface area contributed by atoms with Crippen molar-refractivity contribution >= 4 is 15.9 Å². The van der Waals surface area contributed by atoms with Crippen LogP contribution in [0.4, 0.5) is 0 Å². The van der Waals surface area contributed by atoms with Gasteiger partial charge in [-0.1, -0.05) is 6.07 Å². The number of hydrogen-bond acceptors (Lipinski definition) is 5. The van der Waals surface area contributed by atoms with Crippen molar-refractivity contribution < 1.29 is 14.6 Å². The molecule has 100 valence electrons. The highest BCUT2D eigenvalue weighted by Crippen LogP contribution is 2.36. The molecule has 0 aliphatic heterocycles. The number of nitrogens with one attached hydrogen (secondary N) is 1. The van der Waals surface area contributed by atoms with Crippen molar-refractivity contribution in [3.8, 4) is 28.8 Å².